The lowest BCUT2D eigenvalue weighted by Crippen LogP contribution is -2.23. The van der Waals surface area contributed by atoms with Crippen LogP contribution in [0.3, 0.4) is 0 Å². The minimum Gasteiger partial charge on any atom is -0.268 e. The molecule has 0 aliphatic heterocycles. The molecule has 27 heavy (non-hydrogen) atoms. The third kappa shape index (κ3) is 4.10. The molecular weight excluding hydrogens is 353 g/mol. The standard InChI is InChI=1S/C21H19F3N2O/c1-13-9-15(3)18(10-14(13)2)19-7-8-20(27)26(25-19)12-16-5-4-6-17(11-16)21(22,23)24/h4-11H,12H2,1-3H3. The Balaban J connectivity index is 2.00. The van der Waals surface area contributed by atoms with Crippen molar-refractivity contribution in [1.82, 2.24) is 9.78 Å². The van der Waals surface area contributed by atoms with Crippen LogP contribution < -0.4 is 5.56 Å². The molecular formula is C21H19F3N2O. The Hall–Kier alpha value is -2.89. The van der Waals surface area contributed by atoms with Gasteiger partial charge in [0, 0.05) is 11.6 Å². The first-order valence-electron chi connectivity index (χ1n) is 8.47. The van der Waals surface area contributed by atoms with E-state index in [4.69, 9.17) is 0 Å². The molecule has 1 heterocycles. The maximum atomic E-state index is 12.9. The van der Waals surface area contributed by atoms with Crippen LogP contribution in [0.15, 0.2) is 53.3 Å². The highest BCUT2D eigenvalue weighted by Gasteiger charge is 2.30. The van der Waals surface area contributed by atoms with E-state index in [0.717, 1.165) is 34.4 Å². The van der Waals surface area contributed by atoms with Crippen LogP contribution in [-0.2, 0) is 12.7 Å². The molecule has 0 aliphatic carbocycles. The summed E-state index contributed by atoms with van der Waals surface area (Å²) in [5.41, 5.74) is 4.06. The van der Waals surface area contributed by atoms with Gasteiger partial charge < -0.3 is 0 Å². The fraction of sp³-hybridized carbons (Fsp3) is 0.238. The quantitative estimate of drug-likeness (QED) is 0.655. The van der Waals surface area contributed by atoms with E-state index in [0.29, 0.717) is 11.3 Å². The molecule has 0 amide bonds. The number of nitrogens with zero attached hydrogens (tertiary/aromatic N) is 2. The Kier molecular flexibility index (Phi) is 4.91. The van der Waals surface area contributed by atoms with Crippen LogP contribution in [0, 0.1) is 20.8 Å². The summed E-state index contributed by atoms with van der Waals surface area (Å²) < 4.78 is 39.9. The van der Waals surface area contributed by atoms with Crippen molar-refractivity contribution < 1.29 is 13.2 Å². The van der Waals surface area contributed by atoms with Crippen molar-refractivity contribution in [3.63, 3.8) is 0 Å². The van der Waals surface area contributed by atoms with Gasteiger partial charge in [-0.15, -0.1) is 0 Å². The van der Waals surface area contributed by atoms with Crippen LogP contribution in [0.5, 0.6) is 0 Å². The smallest absolute Gasteiger partial charge is 0.268 e. The van der Waals surface area contributed by atoms with Gasteiger partial charge in [-0.25, -0.2) is 4.68 Å². The van der Waals surface area contributed by atoms with Crippen LogP contribution in [-0.4, -0.2) is 9.78 Å². The average Bonchev–Trinajstić information content (AvgIpc) is 2.60. The van der Waals surface area contributed by atoms with E-state index in [-0.39, 0.29) is 12.1 Å². The summed E-state index contributed by atoms with van der Waals surface area (Å²) in [6, 6.07) is 12.0. The first-order valence-corrected chi connectivity index (χ1v) is 8.47. The molecule has 0 bridgehead atoms. The molecule has 0 fully saturated rings. The number of rotatable bonds is 3. The Bertz CT molecular complexity index is 1050. The van der Waals surface area contributed by atoms with Gasteiger partial charge in [0.1, 0.15) is 0 Å². The van der Waals surface area contributed by atoms with Crippen molar-refractivity contribution in [3.8, 4) is 11.3 Å². The third-order valence-corrected chi connectivity index (χ3v) is 4.57. The van der Waals surface area contributed by atoms with Crippen molar-refractivity contribution in [2.24, 2.45) is 0 Å². The van der Waals surface area contributed by atoms with Crippen LogP contribution in [0.25, 0.3) is 11.3 Å². The van der Waals surface area contributed by atoms with E-state index in [9.17, 15) is 18.0 Å². The molecule has 0 aliphatic rings. The molecule has 0 unspecified atom stereocenters. The second-order valence-electron chi connectivity index (χ2n) is 6.66. The summed E-state index contributed by atoms with van der Waals surface area (Å²) >= 11 is 0. The van der Waals surface area contributed by atoms with E-state index in [1.807, 2.05) is 26.8 Å². The Labute approximate surface area is 155 Å². The molecule has 0 saturated heterocycles. The maximum Gasteiger partial charge on any atom is 0.416 e. The molecule has 3 nitrogen and oxygen atoms in total. The molecule has 1 aromatic heterocycles. The highest BCUT2D eigenvalue weighted by atomic mass is 19.4. The first kappa shape index (κ1) is 18.9. The first-order chi connectivity index (χ1) is 12.6. The number of hydrogen-bond donors (Lipinski definition) is 0. The zero-order chi connectivity index (χ0) is 19.8. The van der Waals surface area contributed by atoms with E-state index < -0.39 is 11.7 Å². The number of aromatic nitrogens is 2. The number of benzene rings is 2. The molecule has 2 aromatic carbocycles. The average molecular weight is 372 g/mol. The number of alkyl halides is 3. The molecule has 0 spiro atoms. The Morgan fingerprint density at radius 3 is 2.33 bits per heavy atom. The van der Waals surface area contributed by atoms with Gasteiger partial charge in [0.15, 0.2) is 0 Å². The van der Waals surface area contributed by atoms with Crippen LogP contribution in [0.4, 0.5) is 13.2 Å². The van der Waals surface area contributed by atoms with Crippen LogP contribution >= 0.6 is 0 Å². The molecule has 3 aromatic rings. The summed E-state index contributed by atoms with van der Waals surface area (Å²) in [5, 5.41) is 4.38. The molecule has 0 radical (unpaired) electrons. The minimum absolute atomic E-state index is 0.0273. The van der Waals surface area contributed by atoms with E-state index in [1.165, 1.54) is 16.8 Å². The SMILES string of the molecule is Cc1cc(C)c(-c2ccc(=O)n(Cc3cccc(C(F)(F)F)c3)n2)cc1C. The van der Waals surface area contributed by atoms with Crippen LogP contribution in [0.2, 0.25) is 0 Å². The minimum atomic E-state index is -4.42. The normalized spacial score (nSPS) is 11.6. The highest BCUT2D eigenvalue weighted by Crippen LogP contribution is 2.29. The lowest BCUT2D eigenvalue weighted by atomic mass is 9.99. The van der Waals surface area contributed by atoms with Crippen molar-refractivity contribution in [1.29, 1.82) is 0 Å². The number of halogens is 3. The predicted molar refractivity (Wildman–Crippen MR) is 98.7 cm³/mol. The summed E-state index contributed by atoms with van der Waals surface area (Å²) in [4.78, 5) is 12.2. The second kappa shape index (κ2) is 7.02. The zero-order valence-electron chi connectivity index (χ0n) is 15.3. The molecule has 140 valence electrons. The van der Waals surface area contributed by atoms with Gasteiger partial charge in [-0.05, 0) is 67.3 Å². The maximum absolute atomic E-state index is 12.9. The monoisotopic (exact) mass is 372 g/mol. The lowest BCUT2D eigenvalue weighted by Gasteiger charge is -2.12. The topological polar surface area (TPSA) is 34.9 Å². The fourth-order valence-electron chi connectivity index (χ4n) is 2.96. The molecule has 6 heteroatoms. The summed E-state index contributed by atoms with van der Waals surface area (Å²) in [6.07, 6.45) is -4.42. The van der Waals surface area contributed by atoms with Crippen molar-refractivity contribution in [2.45, 2.75) is 33.5 Å². The Morgan fingerprint density at radius 1 is 0.926 bits per heavy atom. The molecule has 0 saturated carbocycles. The number of aryl methyl sites for hydroxylation is 3. The largest absolute Gasteiger partial charge is 0.416 e. The van der Waals surface area contributed by atoms with Crippen molar-refractivity contribution in [3.05, 3.63) is 86.7 Å². The molecule has 3 rings (SSSR count). The third-order valence-electron chi connectivity index (χ3n) is 4.57. The summed E-state index contributed by atoms with van der Waals surface area (Å²) in [5.74, 6) is 0. The van der Waals surface area contributed by atoms with Crippen molar-refractivity contribution >= 4 is 0 Å². The van der Waals surface area contributed by atoms with E-state index >= 15 is 0 Å². The van der Waals surface area contributed by atoms with Crippen molar-refractivity contribution in [2.75, 3.05) is 0 Å². The summed E-state index contributed by atoms with van der Waals surface area (Å²) in [6.45, 7) is 5.96. The Morgan fingerprint density at radius 2 is 1.63 bits per heavy atom. The zero-order valence-corrected chi connectivity index (χ0v) is 15.3. The van der Waals surface area contributed by atoms with E-state index in [2.05, 4.69) is 11.2 Å². The fourth-order valence-corrected chi connectivity index (χ4v) is 2.96. The van der Waals surface area contributed by atoms with Gasteiger partial charge in [0.25, 0.3) is 5.56 Å². The van der Waals surface area contributed by atoms with Gasteiger partial charge in [-0.1, -0.05) is 18.2 Å². The molecule has 0 atom stereocenters. The summed E-state index contributed by atoms with van der Waals surface area (Å²) in [7, 11) is 0. The van der Waals surface area contributed by atoms with Gasteiger partial charge in [0.05, 0.1) is 17.8 Å². The van der Waals surface area contributed by atoms with Gasteiger partial charge in [-0.3, -0.25) is 4.79 Å². The predicted octanol–water partition coefficient (Wildman–Crippen LogP) is 4.90. The second-order valence-corrected chi connectivity index (χ2v) is 6.66. The van der Waals surface area contributed by atoms with Gasteiger partial charge in [-0.2, -0.15) is 18.3 Å². The molecule has 0 N–H and O–H groups in total. The van der Waals surface area contributed by atoms with Crippen LogP contribution in [0.1, 0.15) is 27.8 Å². The lowest BCUT2D eigenvalue weighted by molar-refractivity contribution is -0.137. The van der Waals surface area contributed by atoms with Gasteiger partial charge in [0.2, 0.25) is 0 Å². The highest BCUT2D eigenvalue weighted by molar-refractivity contribution is 5.64. The van der Waals surface area contributed by atoms with Gasteiger partial charge >= 0.3 is 6.18 Å². The number of hydrogen-bond acceptors (Lipinski definition) is 2. The van der Waals surface area contributed by atoms with E-state index in [1.54, 1.807) is 12.1 Å².